The summed E-state index contributed by atoms with van der Waals surface area (Å²) in [5.74, 6) is 1.18. The summed E-state index contributed by atoms with van der Waals surface area (Å²) < 4.78 is 1.98. The zero-order valence-corrected chi connectivity index (χ0v) is 16.9. The number of ketones is 1. The van der Waals surface area contributed by atoms with Crippen molar-refractivity contribution >= 4 is 56.3 Å². The lowest BCUT2D eigenvalue weighted by molar-refractivity contribution is 0.102. The largest absolute Gasteiger partial charge is 0.293 e. The van der Waals surface area contributed by atoms with E-state index in [1.165, 1.54) is 28.6 Å². The van der Waals surface area contributed by atoms with Crippen molar-refractivity contribution in [3.63, 3.8) is 0 Å². The number of fused-ring (bicyclic) bond motifs is 5. The molecule has 27 heavy (non-hydrogen) atoms. The van der Waals surface area contributed by atoms with Crippen LogP contribution < -0.4 is 0 Å². The fraction of sp³-hybridized carbons (Fsp3) is 0.263. The molecule has 0 N–H and O–H groups in total. The van der Waals surface area contributed by atoms with Crippen LogP contribution in [0, 0.1) is 6.92 Å². The molecule has 3 aromatic heterocycles. The van der Waals surface area contributed by atoms with E-state index in [0.29, 0.717) is 21.5 Å². The van der Waals surface area contributed by atoms with E-state index in [2.05, 4.69) is 10.2 Å². The number of Topliss-reactive ketones (excluding diaryl/α,β-unsaturated/α-hetero) is 1. The van der Waals surface area contributed by atoms with Crippen molar-refractivity contribution in [1.82, 2.24) is 19.6 Å². The van der Waals surface area contributed by atoms with Crippen LogP contribution in [0.3, 0.4) is 0 Å². The van der Waals surface area contributed by atoms with Gasteiger partial charge in [-0.1, -0.05) is 23.4 Å². The SMILES string of the molecule is Cc1nc2sc3c(c2c2nnc(SCC(=O)c4ccc(Cl)cc4)n12)CCC3. The lowest BCUT2D eigenvalue weighted by atomic mass is 10.1. The average Bonchev–Trinajstić information content (AvgIpc) is 3.34. The molecule has 0 unspecified atom stereocenters. The van der Waals surface area contributed by atoms with E-state index in [9.17, 15) is 4.79 Å². The van der Waals surface area contributed by atoms with Gasteiger partial charge in [0.1, 0.15) is 10.7 Å². The van der Waals surface area contributed by atoms with E-state index in [1.54, 1.807) is 35.6 Å². The van der Waals surface area contributed by atoms with Crippen molar-refractivity contribution in [2.75, 3.05) is 5.75 Å². The Labute approximate surface area is 168 Å². The molecule has 3 heterocycles. The average molecular weight is 415 g/mol. The molecule has 0 radical (unpaired) electrons. The number of halogens is 1. The molecule has 0 saturated heterocycles. The topological polar surface area (TPSA) is 60.2 Å². The van der Waals surface area contributed by atoms with Crippen LogP contribution in [-0.4, -0.2) is 31.1 Å². The van der Waals surface area contributed by atoms with Crippen molar-refractivity contribution in [1.29, 1.82) is 0 Å². The predicted molar refractivity (Wildman–Crippen MR) is 109 cm³/mol. The van der Waals surface area contributed by atoms with Crippen LogP contribution in [0.25, 0.3) is 15.9 Å². The number of hydrogen-bond acceptors (Lipinski definition) is 6. The summed E-state index contributed by atoms with van der Waals surface area (Å²) in [6, 6.07) is 6.96. The fourth-order valence-electron chi connectivity index (χ4n) is 3.56. The molecular formula is C19H15ClN4OS2. The van der Waals surface area contributed by atoms with Gasteiger partial charge in [-0.15, -0.1) is 21.5 Å². The third-order valence-electron chi connectivity index (χ3n) is 4.85. The second kappa shape index (κ2) is 6.58. The van der Waals surface area contributed by atoms with Crippen LogP contribution in [-0.2, 0) is 12.8 Å². The number of rotatable bonds is 4. The second-order valence-corrected chi connectivity index (χ2v) is 9.02. The van der Waals surface area contributed by atoms with Crippen LogP contribution in [0.15, 0.2) is 29.4 Å². The van der Waals surface area contributed by atoms with E-state index in [-0.39, 0.29) is 5.78 Å². The maximum atomic E-state index is 12.5. The van der Waals surface area contributed by atoms with Crippen molar-refractivity contribution in [2.24, 2.45) is 0 Å². The molecule has 0 amide bonds. The van der Waals surface area contributed by atoms with E-state index in [4.69, 9.17) is 16.6 Å². The molecule has 1 aliphatic rings. The van der Waals surface area contributed by atoms with Gasteiger partial charge in [0, 0.05) is 15.5 Å². The molecule has 1 aromatic carbocycles. The third kappa shape index (κ3) is 2.85. The Morgan fingerprint density at radius 1 is 1.26 bits per heavy atom. The van der Waals surface area contributed by atoms with Gasteiger partial charge in [-0.25, -0.2) is 4.98 Å². The zero-order chi connectivity index (χ0) is 18.5. The standard InChI is InChI=1S/C19H15ClN4OS2/c1-10-21-18-16(13-3-2-4-15(13)27-18)17-22-23-19(24(10)17)26-9-14(25)11-5-7-12(20)8-6-11/h5-8H,2-4,9H2,1H3. The molecule has 4 aromatic rings. The Bertz CT molecular complexity index is 1200. The first-order chi connectivity index (χ1) is 13.1. The number of aromatic nitrogens is 4. The molecule has 0 spiro atoms. The Morgan fingerprint density at radius 2 is 2.07 bits per heavy atom. The predicted octanol–water partition coefficient (Wildman–Crippen LogP) is 4.76. The molecule has 0 aliphatic heterocycles. The van der Waals surface area contributed by atoms with E-state index in [1.807, 2.05) is 11.3 Å². The molecular weight excluding hydrogens is 400 g/mol. The highest BCUT2D eigenvalue weighted by Gasteiger charge is 2.23. The van der Waals surface area contributed by atoms with Crippen molar-refractivity contribution < 1.29 is 4.79 Å². The lowest BCUT2D eigenvalue weighted by Gasteiger charge is -2.05. The van der Waals surface area contributed by atoms with Gasteiger partial charge in [0.05, 0.1) is 11.1 Å². The van der Waals surface area contributed by atoms with Gasteiger partial charge < -0.3 is 0 Å². The molecule has 0 saturated carbocycles. The minimum Gasteiger partial charge on any atom is -0.293 e. The number of thioether (sulfide) groups is 1. The number of nitrogens with zero attached hydrogens (tertiary/aromatic N) is 4. The number of benzene rings is 1. The Hall–Kier alpha value is -1.96. The van der Waals surface area contributed by atoms with Gasteiger partial charge in [-0.05, 0) is 56.0 Å². The van der Waals surface area contributed by atoms with Crippen molar-refractivity contribution in [3.05, 3.63) is 51.1 Å². The minimum absolute atomic E-state index is 0.0385. The zero-order valence-electron chi connectivity index (χ0n) is 14.5. The van der Waals surface area contributed by atoms with Crippen molar-refractivity contribution in [3.8, 4) is 0 Å². The Balaban J connectivity index is 1.50. The number of thiophene rings is 1. The summed E-state index contributed by atoms with van der Waals surface area (Å²) in [4.78, 5) is 19.7. The first-order valence-corrected chi connectivity index (χ1v) is 10.9. The molecule has 1 aliphatic carbocycles. The van der Waals surface area contributed by atoms with Crippen molar-refractivity contribution in [2.45, 2.75) is 31.3 Å². The number of carbonyl (C=O) groups excluding carboxylic acids is 1. The monoisotopic (exact) mass is 414 g/mol. The molecule has 0 atom stereocenters. The molecule has 0 bridgehead atoms. The third-order valence-corrected chi connectivity index (χ3v) is 7.21. The summed E-state index contributed by atoms with van der Waals surface area (Å²) in [5, 5.41) is 11.3. The van der Waals surface area contributed by atoms with Gasteiger partial charge in [-0.3, -0.25) is 9.20 Å². The van der Waals surface area contributed by atoms with Gasteiger partial charge >= 0.3 is 0 Å². The number of aryl methyl sites for hydroxylation is 3. The second-order valence-electron chi connectivity index (χ2n) is 6.56. The van der Waals surface area contributed by atoms with E-state index < -0.39 is 0 Å². The summed E-state index contributed by atoms with van der Waals surface area (Å²) >= 11 is 9.06. The van der Waals surface area contributed by atoms with Gasteiger partial charge in [0.25, 0.3) is 0 Å². The highest BCUT2D eigenvalue weighted by atomic mass is 35.5. The molecule has 136 valence electrons. The lowest BCUT2D eigenvalue weighted by Crippen LogP contribution is -2.04. The normalized spacial score (nSPS) is 13.6. The molecule has 5 nitrogen and oxygen atoms in total. The van der Waals surface area contributed by atoms with Crippen LogP contribution >= 0.6 is 34.7 Å². The fourth-order valence-corrected chi connectivity index (χ4v) is 5.86. The highest BCUT2D eigenvalue weighted by Crippen LogP contribution is 2.39. The maximum absolute atomic E-state index is 12.5. The first kappa shape index (κ1) is 17.2. The molecule has 5 rings (SSSR count). The smallest absolute Gasteiger partial charge is 0.197 e. The van der Waals surface area contributed by atoms with Gasteiger partial charge in [0.2, 0.25) is 0 Å². The van der Waals surface area contributed by atoms with Crippen LogP contribution in [0.2, 0.25) is 5.02 Å². The number of hydrogen-bond donors (Lipinski definition) is 0. The first-order valence-electron chi connectivity index (χ1n) is 8.69. The highest BCUT2D eigenvalue weighted by molar-refractivity contribution is 7.99. The number of carbonyl (C=O) groups is 1. The van der Waals surface area contributed by atoms with E-state index >= 15 is 0 Å². The Kier molecular flexibility index (Phi) is 4.18. The van der Waals surface area contributed by atoms with E-state index in [0.717, 1.165) is 34.5 Å². The Morgan fingerprint density at radius 3 is 2.89 bits per heavy atom. The van der Waals surface area contributed by atoms with Gasteiger partial charge in [-0.2, -0.15) is 0 Å². The minimum atomic E-state index is 0.0385. The van der Waals surface area contributed by atoms with Crippen LogP contribution in [0.4, 0.5) is 0 Å². The summed E-state index contributed by atoms with van der Waals surface area (Å²) in [6.07, 6.45) is 3.41. The quantitative estimate of drug-likeness (QED) is 0.355. The molecule has 8 heteroatoms. The summed E-state index contributed by atoms with van der Waals surface area (Å²) in [5.41, 5.74) is 2.89. The van der Waals surface area contributed by atoms with Crippen LogP contribution in [0.5, 0.6) is 0 Å². The van der Waals surface area contributed by atoms with Gasteiger partial charge in [0.15, 0.2) is 16.6 Å². The van der Waals surface area contributed by atoms with Crippen LogP contribution in [0.1, 0.15) is 33.0 Å². The summed E-state index contributed by atoms with van der Waals surface area (Å²) in [6.45, 7) is 1.96. The maximum Gasteiger partial charge on any atom is 0.197 e. The molecule has 0 fully saturated rings. The summed E-state index contributed by atoms with van der Waals surface area (Å²) in [7, 11) is 0.